The van der Waals surface area contributed by atoms with E-state index in [0.717, 1.165) is 6.42 Å². The lowest BCUT2D eigenvalue weighted by Crippen LogP contribution is -2.27. The van der Waals surface area contributed by atoms with Crippen molar-refractivity contribution in [3.05, 3.63) is 18.6 Å². The Morgan fingerprint density at radius 2 is 2.43 bits per heavy atom. The third-order valence-electron chi connectivity index (χ3n) is 2.72. The van der Waals surface area contributed by atoms with Gasteiger partial charge < -0.3 is 10.5 Å². The summed E-state index contributed by atoms with van der Waals surface area (Å²) in [5.41, 5.74) is 5.67. The molecule has 4 nitrogen and oxygen atoms in total. The first-order chi connectivity index (χ1) is 6.90. The van der Waals surface area contributed by atoms with Gasteiger partial charge in [-0.3, -0.25) is 0 Å². The normalized spacial score (nSPS) is 26.4. The summed E-state index contributed by atoms with van der Waals surface area (Å²) in [4.78, 5) is 7.88. The second-order valence-electron chi connectivity index (χ2n) is 3.63. The zero-order valence-corrected chi connectivity index (χ0v) is 8.10. The van der Waals surface area contributed by atoms with Crippen LogP contribution in [0.25, 0.3) is 0 Å². The minimum absolute atomic E-state index is 0.245. The van der Waals surface area contributed by atoms with Crippen LogP contribution in [0.5, 0.6) is 5.88 Å². The molecule has 0 spiro atoms. The fourth-order valence-electron chi connectivity index (χ4n) is 1.93. The van der Waals surface area contributed by atoms with Gasteiger partial charge in [-0.15, -0.1) is 0 Å². The lowest BCUT2D eigenvalue weighted by atomic mass is 10.1. The molecular weight excluding hydrogens is 178 g/mol. The van der Waals surface area contributed by atoms with E-state index in [0.29, 0.717) is 18.3 Å². The van der Waals surface area contributed by atoms with Crippen LogP contribution in [0.3, 0.4) is 0 Å². The van der Waals surface area contributed by atoms with Crippen molar-refractivity contribution in [1.29, 1.82) is 0 Å². The fraction of sp³-hybridized carbons (Fsp3) is 0.600. The molecule has 1 saturated carbocycles. The van der Waals surface area contributed by atoms with Crippen molar-refractivity contribution >= 4 is 0 Å². The molecule has 1 fully saturated rings. The van der Waals surface area contributed by atoms with Crippen molar-refractivity contribution in [2.75, 3.05) is 6.54 Å². The highest BCUT2D eigenvalue weighted by atomic mass is 16.5. The number of hydrogen-bond donors (Lipinski definition) is 1. The van der Waals surface area contributed by atoms with Crippen molar-refractivity contribution in [2.24, 2.45) is 11.7 Å². The molecule has 14 heavy (non-hydrogen) atoms. The topological polar surface area (TPSA) is 61.0 Å². The van der Waals surface area contributed by atoms with Gasteiger partial charge >= 0.3 is 0 Å². The van der Waals surface area contributed by atoms with Gasteiger partial charge in [-0.2, -0.15) is 0 Å². The summed E-state index contributed by atoms with van der Waals surface area (Å²) in [7, 11) is 0. The van der Waals surface area contributed by atoms with Gasteiger partial charge in [0.25, 0.3) is 0 Å². The molecule has 1 aliphatic carbocycles. The molecule has 1 aromatic heterocycles. The standard InChI is InChI=1S/C10H15N3O/c11-6-8-2-1-3-9(8)14-10-4-5-12-7-13-10/h4-5,7-9H,1-3,6,11H2. The Balaban J connectivity index is 1.97. The molecule has 1 aromatic rings. The van der Waals surface area contributed by atoms with E-state index in [1.165, 1.54) is 19.2 Å². The van der Waals surface area contributed by atoms with Gasteiger partial charge in [0.15, 0.2) is 0 Å². The maximum absolute atomic E-state index is 5.75. The molecule has 0 radical (unpaired) electrons. The Hall–Kier alpha value is -1.16. The van der Waals surface area contributed by atoms with E-state index >= 15 is 0 Å². The van der Waals surface area contributed by atoms with Gasteiger partial charge in [-0.05, 0) is 25.8 Å². The third-order valence-corrected chi connectivity index (χ3v) is 2.72. The van der Waals surface area contributed by atoms with Crippen LogP contribution in [0, 0.1) is 5.92 Å². The summed E-state index contributed by atoms with van der Waals surface area (Å²) in [6.07, 6.45) is 6.90. The molecule has 0 amide bonds. The Morgan fingerprint density at radius 1 is 1.50 bits per heavy atom. The Bertz CT molecular complexity index is 278. The van der Waals surface area contributed by atoms with Gasteiger partial charge in [0, 0.05) is 18.2 Å². The van der Waals surface area contributed by atoms with Crippen molar-refractivity contribution < 1.29 is 4.74 Å². The molecule has 0 aromatic carbocycles. The lowest BCUT2D eigenvalue weighted by Gasteiger charge is -2.18. The van der Waals surface area contributed by atoms with E-state index in [1.807, 2.05) is 0 Å². The van der Waals surface area contributed by atoms with Gasteiger partial charge in [0.05, 0.1) is 0 Å². The maximum Gasteiger partial charge on any atom is 0.216 e. The Labute approximate surface area is 83.5 Å². The molecule has 0 bridgehead atoms. The molecular formula is C10H15N3O. The molecule has 4 heteroatoms. The molecule has 2 unspecified atom stereocenters. The largest absolute Gasteiger partial charge is 0.474 e. The molecule has 0 saturated heterocycles. The van der Waals surface area contributed by atoms with E-state index in [1.54, 1.807) is 12.3 Å². The van der Waals surface area contributed by atoms with Crippen LogP contribution in [-0.4, -0.2) is 22.6 Å². The summed E-state index contributed by atoms with van der Waals surface area (Å²) in [6, 6.07) is 1.78. The van der Waals surface area contributed by atoms with Crippen LogP contribution < -0.4 is 10.5 Å². The Morgan fingerprint density at radius 3 is 3.14 bits per heavy atom. The average molecular weight is 193 g/mol. The van der Waals surface area contributed by atoms with Gasteiger partial charge in [-0.25, -0.2) is 9.97 Å². The lowest BCUT2D eigenvalue weighted by molar-refractivity contribution is 0.155. The van der Waals surface area contributed by atoms with Crippen molar-refractivity contribution in [2.45, 2.75) is 25.4 Å². The van der Waals surface area contributed by atoms with Crippen LogP contribution in [0.4, 0.5) is 0 Å². The average Bonchev–Trinajstić information content (AvgIpc) is 2.67. The zero-order chi connectivity index (χ0) is 9.80. The predicted molar refractivity (Wildman–Crippen MR) is 52.8 cm³/mol. The second-order valence-corrected chi connectivity index (χ2v) is 3.63. The summed E-state index contributed by atoms with van der Waals surface area (Å²) in [6.45, 7) is 0.704. The number of aromatic nitrogens is 2. The van der Waals surface area contributed by atoms with E-state index in [4.69, 9.17) is 10.5 Å². The smallest absolute Gasteiger partial charge is 0.216 e. The van der Waals surface area contributed by atoms with Gasteiger partial charge in [-0.1, -0.05) is 0 Å². The summed E-state index contributed by atoms with van der Waals surface area (Å²) >= 11 is 0. The van der Waals surface area contributed by atoms with Gasteiger partial charge in [0.2, 0.25) is 5.88 Å². The molecule has 1 heterocycles. The van der Waals surface area contributed by atoms with Crippen molar-refractivity contribution in [3.63, 3.8) is 0 Å². The van der Waals surface area contributed by atoms with E-state index in [-0.39, 0.29) is 6.10 Å². The van der Waals surface area contributed by atoms with E-state index in [2.05, 4.69) is 9.97 Å². The quantitative estimate of drug-likeness (QED) is 0.777. The predicted octanol–water partition coefficient (Wildman–Crippen LogP) is 0.983. The molecule has 1 aliphatic rings. The summed E-state index contributed by atoms with van der Waals surface area (Å²) in [5, 5.41) is 0. The van der Waals surface area contributed by atoms with E-state index in [9.17, 15) is 0 Å². The van der Waals surface area contributed by atoms with Crippen LogP contribution >= 0.6 is 0 Å². The Kier molecular flexibility index (Phi) is 2.93. The zero-order valence-electron chi connectivity index (χ0n) is 8.10. The third kappa shape index (κ3) is 2.01. The van der Waals surface area contributed by atoms with E-state index < -0.39 is 0 Å². The second kappa shape index (κ2) is 4.37. The molecule has 2 rings (SSSR count). The van der Waals surface area contributed by atoms with Crippen molar-refractivity contribution in [3.8, 4) is 5.88 Å². The minimum atomic E-state index is 0.245. The summed E-state index contributed by atoms with van der Waals surface area (Å²) < 4.78 is 5.75. The highest BCUT2D eigenvalue weighted by molar-refractivity contribution is 5.05. The molecule has 2 atom stereocenters. The fourth-order valence-corrected chi connectivity index (χ4v) is 1.93. The highest BCUT2D eigenvalue weighted by Crippen LogP contribution is 2.27. The maximum atomic E-state index is 5.75. The van der Waals surface area contributed by atoms with Crippen LogP contribution in [0.1, 0.15) is 19.3 Å². The number of nitrogens with two attached hydrogens (primary N) is 1. The molecule has 2 N–H and O–H groups in total. The highest BCUT2D eigenvalue weighted by Gasteiger charge is 2.27. The SMILES string of the molecule is NCC1CCCC1Oc1ccncn1. The minimum Gasteiger partial charge on any atom is -0.474 e. The van der Waals surface area contributed by atoms with Crippen LogP contribution in [-0.2, 0) is 0 Å². The first kappa shape index (κ1) is 9.40. The van der Waals surface area contributed by atoms with Crippen LogP contribution in [0.2, 0.25) is 0 Å². The number of ether oxygens (including phenoxy) is 1. The molecule has 0 aliphatic heterocycles. The van der Waals surface area contributed by atoms with Crippen molar-refractivity contribution in [1.82, 2.24) is 9.97 Å². The number of rotatable bonds is 3. The number of nitrogens with zero attached hydrogens (tertiary/aromatic N) is 2. The monoisotopic (exact) mass is 193 g/mol. The van der Waals surface area contributed by atoms with Gasteiger partial charge in [0.1, 0.15) is 12.4 Å². The first-order valence-corrected chi connectivity index (χ1v) is 5.03. The number of hydrogen-bond acceptors (Lipinski definition) is 4. The van der Waals surface area contributed by atoms with Crippen LogP contribution in [0.15, 0.2) is 18.6 Å². The summed E-state index contributed by atoms with van der Waals surface area (Å²) in [5.74, 6) is 1.15. The molecule has 76 valence electrons. The first-order valence-electron chi connectivity index (χ1n) is 5.03.